The molecule has 96 valence electrons. The van der Waals surface area contributed by atoms with Crippen LogP contribution in [-0.2, 0) is 6.42 Å². The summed E-state index contributed by atoms with van der Waals surface area (Å²) in [5, 5.41) is 10.2. The minimum absolute atomic E-state index is 0.387. The molecule has 1 N–H and O–H groups in total. The summed E-state index contributed by atoms with van der Waals surface area (Å²) >= 11 is 0. The predicted octanol–water partition coefficient (Wildman–Crippen LogP) is 3.41. The molecule has 3 heteroatoms. The van der Waals surface area contributed by atoms with Gasteiger partial charge in [0, 0.05) is 0 Å². The molecule has 0 aliphatic rings. The van der Waals surface area contributed by atoms with Gasteiger partial charge in [-0.2, -0.15) is 0 Å². The van der Waals surface area contributed by atoms with Gasteiger partial charge in [0.25, 0.3) is 0 Å². The highest BCUT2D eigenvalue weighted by Gasteiger charge is 2.13. The topological polar surface area (TPSA) is 46.3 Å². The Labute approximate surface area is 111 Å². The minimum Gasteiger partial charge on any atom is -0.441 e. The normalized spacial score (nSPS) is 12.7. The molecule has 0 spiro atoms. The van der Waals surface area contributed by atoms with Crippen LogP contribution in [0.3, 0.4) is 0 Å². The first-order valence-corrected chi connectivity index (χ1v) is 6.31. The standard InChI is InChI=1S/C16H15NO2/c1-11-6-8-12(9-7-11)14(18)10-16-17-13-4-2-3-5-15(13)19-16/h2-9,14,18H,10H2,1H3/t14-/m0/s1. The molecule has 3 aromatic rings. The Hall–Kier alpha value is -2.13. The fourth-order valence-corrected chi connectivity index (χ4v) is 2.08. The van der Waals surface area contributed by atoms with Gasteiger partial charge in [-0.05, 0) is 24.6 Å². The van der Waals surface area contributed by atoms with Crippen LogP contribution in [0, 0.1) is 6.92 Å². The second-order valence-corrected chi connectivity index (χ2v) is 4.71. The summed E-state index contributed by atoms with van der Waals surface area (Å²) in [4.78, 5) is 4.37. The number of aliphatic hydroxyl groups excluding tert-OH is 1. The fourth-order valence-electron chi connectivity index (χ4n) is 2.08. The Morgan fingerprint density at radius 2 is 1.84 bits per heavy atom. The smallest absolute Gasteiger partial charge is 0.198 e. The average molecular weight is 253 g/mol. The maximum atomic E-state index is 10.2. The van der Waals surface area contributed by atoms with Crippen LogP contribution in [0.2, 0.25) is 0 Å². The number of oxazole rings is 1. The Kier molecular flexibility index (Phi) is 3.05. The third-order valence-electron chi connectivity index (χ3n) is 3.17. The molecule has 1 atom stereocenters. The number of benzene rings is 2. The number of fused-ring (bicyclic) bond motifs is 1. The van der Waals surface area contributed by atoms with Crippen molar-refractivity contribution in [1.29, 1.82) is 0 Å². The van der Waals surface area contributed by atoms with Crippen molar-refractivity contribution in [3.8, 4) is 0 Å². The lowest BCUT2D eigenvalue weighted by Crippen LogP contribution is -2.01. The minimum atomic E-state index is -0.589. The van der Waals surface area contributed by atoms with Gasteiger partial charge in [0.2, 0.25) is 0 Å². The summed E-state index contributed by atoms with van der Waals surface area (Å²) in [7, 11) is 0. The highest BCUT2D eigenvalue weighted by Crippen LogP contribution is 2.21. The van der Waals surface area contributed by atoms with E-state index in [1.807, 2.05) is 55.5 Å². The van der Waals surface area contributed by atoms with Crippen molar-refractivity contribution in [2.24, 2.45) is 0 Å². The van der Waals surface area contributed by atoms with E-state index in [1.165, 1.54) is 5.56 Å². The number of hydrogen-bond acceptors (Lipinski definition) is 3. The van der Waals surface area contributed by atoms with E-state index in [1.54, 1.807) is 0 Å². The molecular weight excluding hydrogens is 238 g/mol. The van der Waals surface area contributed by atoms with Crippen LogP contribution in [0.5, 0.6) is 0 Å². The Morgan fingerprint density at radius 3 is 2.58 bits per heavy atom. The number of nitrogens with zero attached hydrogens (tertiary/aromatic N) is 1. The fraction of sp³-hybridized carbons (Fsp3) is 0.188. The summed E-state index contributed by atoms with van der Waals surface area (Å²) in [6, 6.07) is 15.5. The van der Waals surface area contributed by atoms with Crippen LogP contribution in [0.4, 0.5) is 0 Å². The number of rotatable bonds is 3. The van der Waals surface area contributed by atoms with E-state index >= 15 is 0 Å². The number of aromatic nitrogens is 1. The van der Waals surface area contributed by atoms with Crippen LogP contribution in [0.15, 0.2) is 52.9 Å². The van der Waals surface area contributed by atoms with Crippen molar-refractivity contribution in [2.75, 3.05) is 0 Å². The molecule has 0 aliphatic heterocycles. The number of aryl methyl sites for hydroxylation is 1. The van der Waals surface area contributed by atoms with Crippen LogP contribution < -0.4 is 0 Å². The van der Waals surface area contributed by atoms with E-state index in [4.69, 9.17) is 4.42 Å². The number of para-hydroxylation sites is 2. The monoisotopic (exact) mass is 253 g/mol. The molecule has 0 saturated carbocycles. The molecule has 1 aromatic heterocycles. The molecule has 19 heavy (non-hydrogen) atoms. The highest BCUT2D eigenvalue weighted by molar-refractivity contribution is 5.72. The van der Waals surface area contributed by atoms with E-state index in [2.05, 4.69) is 4.98 Å². The van der Waals surface area contributed by atoms with Gasteiger partial charge in [0.05, 0.1) is 12.5 Å². The summed E-state index contributed by atoms with van der Waals surface area (Å²) in [5.41, 5.74) is 3.65. The second-order valence-electron chi connectivity index (χ2n) is 4.71. The largest absolute Gasteiger partial charge is 0.441 e. The summed E-state index contributed by atoms with van der Waals surface area (Å²) < 4.78 is 5.61. The Bertz CT molecular complexity index is 652. The van der Waals surface area contributed by atoms with Gasteiger partial charge in [-0.3, -0.25) is 0 Å². The quantitative estimate of drug-likeness (QED) is 0.778. The van der Waals surface area contributed by atoms with Crippen LogP contribution in [-0.4, -0.2) is 10.1 Å². The molecule has 0 saturated heterocycles. The molecule has 1 heterocycles. The lowest BCUT2D eigenvalue weighted by atomic mass is 10.1. The van der Waals surface area contributed by atoms with Crippen molar-refractivity contribution >= 4 is 11.1 Å². The summed E-state index contributed by atoms with van der Waals surface area (Å²) in [6.07, 6.45) is -0.203. The van der Waals surface area contributed by atoms with E-state index in [0.29, 0.717) is 12.3 Å². The summed E-state index contributed by atoms with van der Waals surface area (Å²) in [6.45, 7) is 2.02. The third-order valence-corrected chi connectivity index (χ3v) is 3.17. The molecule has 3 nitrogen and oxygen atoms in total. The second kappa shape index (κ2) is 4.86. The Balaban J connectivity index is 1.82. The molecular formula is C16H15NO2. The number of hydrogen-bond donors (Lipinski definition) is 1. The zero-order valence-electron chi connectivity index (χ0n) is 10.7. The van der Waals surface area contributed by atoms with Crippen molar-refractivity contribution in [2.45, 2.75) is 19.4 Å². The highest BCUT2D eigenvalue weighted by atomic mass is 16.4. The van der Waals surface area contributed by atoms with Gasteiger partial charge in [-0.1, -0.05) is 42.0 Å². The first kappa shape index (κ1) is 11.9. The maximum Gasteiger partial charge on any atom is 0.198 e. The van der Waals surface area contributed by atoms with Gasteiger partial charge in [-0.15, -0.1) is 0 Å². The average Bonchev–Trinajstić information content (AvgIpc) is 2.81. The molecule has 0 aliphatic carbocycles. The lowest BCUT2D eigenvalue weighted by Gasteiger charge is -2.08. The third kappa shape index (κ3) is 2.51. The summed E-state index contributed by atoms with van der Waals surface area (Å²) in [5.74, 6) is 0.564. The van der Waals surface area contributed by atoms with E-state index in [9.17, 15) is 5.11 Å². The van der Waals surface area contributed by atoms with E-state index in [0.717, 1.165) is 16.7 Å². The van der Waals surface area contributed by atoms with Gasteiger partial charge in [-0.25, -0.2) is 4.98 Å². The van der Waals surface area contributed by atoms with Crippen LogP contribution in [0.1, 0.15) is 23.1 Å². The SMILES string of the molecule is Cc1ccc([C@@H](O)Cc2nc3ccccc3o2)cc1. The number of aliphatic hydroxyl groups is 1. The molecule has 0 amide bonds. The van der Waals surface area contributed by atoms with Gasteiger partial charge >= 0.3 is 0 Å². The lowest BCUT2D eigenvalue weighted by molar-refractivity contribution is 0.169. The van der Waals surface area contributed by atoms with Crippen LogP contribution in [0.25, 0.3) is 11.1 Å². The van der Waals surface area contributed by atoms with E-state index < -0.39 is 6.10 Å². The predicted molar refractivity (Wildman–Crippen MR) is 73.9 cm³/mol. The zero-order valence-corrected chi connectivity index (χ0v) is 10.7. The zero-order chi connectivity index (χ0) is 13.2. The molecule has 0 radical (unpaired) electrons. The van der Waals surface area contributed by atoms with E-state index in [-0.39, 0.29) is 0 Å². The first-order chi connectivity index (χ1) is 9.22. The van der Waals surface area contributed by atoms with Gasteiger partial charge in [0.1, 0.15) is 5.52 Å². The van der Waals surface area contributed by atoms with Crippen molar-refractivity contribution < 1.29 is 9.52 Å². The molecule has 2 aromatic carbocycles. The molecule has 0 unspecified atom stereocenters. The molecule has 0 fully saturated rings. The first-order valence-electron chi connectivity index (χ1n) is 6.31. The van der Waals surface area contributed by atoms with Gasteiger partial charge in [0.15, 0.2) is 11.5 Å². The Morgan fingerprint density at radius 1 is 1.11 bits per heavy atom. The van der Waals surface area contributed by atoms with Crippen molar-refractivity contribution in [3.05, 3.63) is 65.5 Å². The maximum absolute atomic E-state index is 10.2. The van der Waals surface area contributed by atoms with Crippen LogP contribution >= 0.6 is 0 Å². The molecule has 0 bridgehead atoms. The molecule has 3 rings (SSSR count). The van der Waals surface area contributed by atoms with Crippen molar-refractivity contribution in [3.63, 3.8) is 0 Å². The van der Waals surface area contributed by atoms with Crippen molar-refractivity contribution in [1.82, 2.24) is 4.98 Å². The van der Waals surface area contributed by atoms with Gasteiger partial charge < -0.3 is 9.52 Å².